The Kier molecular flexibility index (Phi) is 7.64. The minimum absolute atomic E-state index is 0.0532. The number of halogens is 6. The van der Waals surface area contributed by atoms with Crippen molar-refractivity contribution in [2.45, 2.75) is 39.0 Å². The molecule has 0 bridgehead atoms. The molecule has 7 nitrogen and oxygen atoms in total. The number of aromatic nitrogens is 3. The number of hydrogen-bond donors (Lipinski definition) is 0. The largest absolute Gasteiger partial charge is 0.497 e. The first kappa shape index (κ1) is 29.4. The van der Waals surface area contributed by atoms with Crippen LogP contribution in [0.2, 0.25) is 0 Å². The zero-order chi connectivity index (χ0) is 30.5. The van der Waals surface area contributed by atoms with Crippen LogP contribution < -0.4 is 4.74 Å². The Hall–Kier alpha value is -4.13. The van der Waals surface area contributed by atoms with Gasteiger partial charge in [-0.2, -0.15) is 18.3 Å². The van der Waals surface area contributed by atoms with Crippen molar-refractivity contribution in [1.29, 1.82) is 0 Å². The predicted octanol–water partition coefficient (Wildman–Crippen LogP) is 6.06. The van der Waals surface area contributed by atoms with Crippen molar-refractivity contribution in [3.8, 4) is 17.0 Å². The minimum Gasteiger partial charge on any atom is -0.497 e. The van der Waals surface area contributed by atoms with Crippen LogP contribution in [-0.2, 0) is 6.18 Å². The van der Waals surface area contributed by atoms with Gasteiger partial charge in [0.1, 0.15) is 11.3 Å². The Labute approximate surface area is 237 Å². The SMILES string of the molecule is COc1ccc(-c2nc3c(C(=O)N4CCN([C@@H](C)c5cc(F)c(F)c(F)c5)C[C@H]4C)cnn3c(C(F)(F)F)c2C)cc1. The number of hydrogen-bond acceptors (Lipinski definition) is 5. The van der Waals surface area contributed by atoms with Crippen molar-refractivity contribution in [2.75, 3.05) is 26.7 Å². The molecule has 0 unspecified atom stereocenters. The molecule has 0 aliphatic carbocycles. The molecule has 13 heteroatoms. The number of piperazine rings is 1. The summed E-state index contributed by atoms with van der Waals surface area (Å²) in [5, 5.41) is 3.91. The molecule has 0 N–H and O–H groups in total. The Morgan fingerprint density at radius 2 is 1.71 bits per heavy atom. The van der Waals surface area contributed by atoms with Gasteiger partial charge < -0.3 is 9.64 Å². The molecule has 1 fully saturated rings. The highest BCUT2D eigenvalue weighted by Crippen LogP contribution is 2.37. The molecule has 1 aliphatic heterocycles. The molecule has 2 aromatic heterocycles. The molecule has 0 spiro atoms. The number of nitrogens with zero attached hydrogens (tertiary/aromatic N) is 5. The summed E-state index contributed by atoms with van der Waals surface area (Å²) in [5.41, 5.74) is -0.806. The molecular weight excluding hydrogens is 564 g/mol. The zero-order valence-corrected chi connectivity index (χ0v) is 23.1. The van der Waals surface area contributed by atoms with Crippen LogP contribution >= 0.6 is 0 Å². The number of ether oxygens (including phenoxy) is 1. The number of benzene rings is 2. The number of amides is 1. The van der Waals surface area contributed by atoms with Crippen LogP contribution in [0.25, 0.3) is 16.9 Å². The van der Waals surface area contributed by atoms with E-state index in [1.54, 1.807) is 38.1 Å². The normalized spacial score (nSPS) is 17.1. The van der Waals surface area contributed by atoms with Crippen molar-refractivity contribution in [1.82, 2.24) is 24.4 Å². The quantitative estimate of drug-likeness (QED) is 0.209. The van der Waals surface area contributed by atoms with E-state index in [0.717, 1.165) is 18.3 Å². The fourth-order valence-corrected chi connectivity index (χ4v) is 5.41. The highest BCUT2D eigenvalue weighted by molar-refractivity contribution is 6.00. The fraction of sp³-hybridized carbons (Fsp3) is 0.345. The summed E-state index contributed by atoms with van der Waals surface area (Å²) in [5.74, 6) is -4.15. The molecule has 222 valence electrons. The molecule has 42 heavy (non-hydrogen) atoms. The van der Waals surface area contributed by atoms with Gasteiger partial charge in [0, 0.05) is 42.8 Å². The standard InChI is InChI=1S/C29H27F6N5O2/c1-15-14-38(17(3)19-11-22(30)24(32)23(31)12-19)9-10-39(15)28(41)21-13-36-40-26(29(33,34)35)16(2)25(37-27(21)40)18-5-7-20(42-4)8-6-18/h5-8,11-13,15,17H,9-10,14H2,1-4H3/t15-,17+/m1/s1. The van der Waals surface area contributed by atoms with E-state index in [2.05, 4.69) is 10.1 Å². The van der Waals surface area contributed by atoms with Gasteiger partial charge in [-0.15, -0.1) is 0 Å². The molecule has 2 aromatic carbocycles. The third kappa shape index (κ3) is 5.17. The fourth-order valence-electron chi connectivity index (χ4n) is 5.41. The molecule has 2 atom stereocenters. The van der Waals surface area contributed by atoms with Crippen LogP contribution in [0.4, 0.5) is 26.3 Å². The van der Waals surface area contributed by atoms with Gasteiger partial charge >= 0.3 is 6.18 Å². The molecule has 3 heterocycles. The van der Waals surface area contributed by atoms with Crippen LogP contribution in [0.15, 0.2) is 42.6 Å². The van der Waals surface area contributed by atoms with E-state index < -0.39 is 47.3 Å². The number of carbonyl (C=O) groups excluding carboxylic acids is 1. The number of carbonyl (C=O) groups is 1. The van der Waals surface area contributed by atoms with Gasteiger partial charge in [0.25, 0.3) is 5.91 Å². The van der Waals surface area contributed by atoms with Crippen LogP contribution in [0.1, 0.15) is 47.1 Å². The molecule has 1 aliphatic rings. The maximum absolute atomic E-state index is 14.3. The summed E-state index contributed by atoms with van der Waals surface area (Å²) >= 11 is 0. The average molecular weight is 592 g/mol. The number of methoxy groups -OCH3 is 1. The van der Waals surface area contributed by atoms with E-state index in [1.807, 2.05) is 4.90 Å². The van der Waals surface area contributed by atoms with E-state index >= 15 is 0 Å². The van der Waals surface area contributed by atoms with Crippen molar-refractivity contribution in [3.63, 3.8) is 0 Å². The molecule has 5 rings (SSSR count). The van der Waals surface area contributed by atoms with Crippen LogP contribution in [-0.4, -0.2) is 63.1 Å². The maximum Gasteiger partial charge on any atom is 0.433 e. The Bertz CT molecular complexity index is 1630. The first-order valence-electron chi connectivity index (χ1n) is 13.1. The minimum atomic E-state index is -4.78. The van der Waals surface area contributed by atoms with Gasteiger partial charge in [-0.3, -0.25) is 9.69 Å². The highest BCUT2D eigenvalue weighted by Gasteiger charge is 2.39. The number of fused-ring (bicyclic) bond motifs is 1. The molecule has 1 saturated heterocycles. The van der Waals surface area contributed by atoms with Crippen molar-refractivity contribution >= 4 is 11.6 Å². The Morgan fingerprint density at radius 1 is 1.07 bits per heavy atom. The first-order chi connectivity index (χ1) is 19.8. The van der Waals surface area contributed by atoms with Crippen LogP contribution in [0, 0.1) is 24.4 Å². The highest BCUT2D eigenvalue weighted by atomic mass is 19.4. The second-order valence-electron chi connectivity index (χ2n) is 10.3. The lowest BCUT2D eigenvalue weighted by Gasteiger charge is -2.42. The summed E-state index contributed by atoms with van der Waals surface area (Å²) in [6.07, 6.45) is -3.70. The summed E-state index contributed by atoms with van der Waals surface area (Å²) in [6.45, 7) is 5.55. The topological polar surface area (TPSA) is 63.0 Å². The van der Waals surface area contributed by atoms with Crippen LogP contribution in [0.3, 0.4) is 0 Å². The molecule has 0 radical (unpaired) electrons. The number of rotatable bonds is 5. The second-order valence-corrected chi connectivity index (χ2v) is 10.3. The van der Waals surface area contributed by atoms with Crippen LogP contribution in [0.5, 0.6) is 5.75 Å². The van der Waals surface area contributed by atoms with E-state index in [-0.39, 0.29) is 34.6 Å². The van der Waals surface area contributed by atoms with Gasteiger partial charge in [0.05, 0.1) is 19.0 Å². The van der Waals surface area contributed by atoms with E-state index in [4.69, 9.17) is 4.74 Å². The van der Waals surface area contributed by atoms with Crippen molar-refractivity contribution in [2.24, 2.45) is 0 Å². The lowest BCUT2D eigenvalue weighted by atomic mass is 10.0. The summed E-state index contributed by atoms with van der Waals surface area (Å²) in [4.78, 5) is 21.6. The van der Waals surface area contributed by atoms with Gasteiger partial charge in [-0.25, -0.2) is 22.7 Å². The van der Waals surface area contributed by atoms with E-state index in [0.29, 0.717) is 28.9 Å². The maximum atomic E-state index is 14.3. The molecule has 4 aromatic rings. The van der Waals surface area contributed by atoms with Gasteiger partial charge in [0.15, 0.2) is 28.8 Å². The molecule has 0 saturated carbocycles. The average Bonchev–Trinajstić information content (AvgIpc) is 3.37. The summed E-state index contributed by atoms with van der Waals surface area (Å²) < 4.78 is 89.7. The molecule has 1 amide bonds. The monoisotopic (exact) mass is 591 g/mol. The van der Waals surface area contributed by atoms with E-state index in [1.165, 1.54) is 18.9 Å². The lowest BCUT2D eigenvalue weighted by Crippen LogP contribution is -2.54. The predicted molar refractivity (Wildman–Crippen MR) is 142 cm³/mol. The van der Waals surface area contributed by atoms with Crippen molar-refractivity contribution in [3.05, 3.63) is 82.4 Å². The Balaban J connectivity index is 1.47. The second kappa shape index (κ2) is 10.9. The Morgan fingerprint density at radius 3 is 2.29 bits per heavy atom. The van der Waals surface area contributed by atoms with Gasteiger partial charge in [0.2, 0.25) is 0 Å². The third-order valence-electron chi connectivity index (χ3n) is 7.70. The third-order valence-corrected chi connectivity index (χ3v) is 7.70. The number of alkyl halides is 3. The smallest absolute Gasteiger partial charge is 0.433 e. The van der Waals surface area contributed by atoms with E-state index in [9.17, 15) is 31.1 Å². The zero-order valence-electron chi connectivity index (χ0n) is 23.1. The lowest BCUT2D eigenvalue weighted by molar-refractivity contribution is -0.143. The van der Waals surface area contributed by atoms with Gasteiger partial charge in [-0.1, -0.05) is 0 Å². The van der Waals surface area contributed by atoms with Crippen molar-refractivity contribution < 1.29 is 35.9 Å². The summed E-state index contributed by atoms with van der Waals surface area (Å²) in [6, 6.07) is 7.35. The first-order valence-corrected chi connectivity index (χ1v) is 13.1. The van der Waals surface area contributed by atoms with Gasteiger partial charge in [-0.05, 0) is 62.7 Å². The molecular formula is C29H27F6N5O2. The summed E-state index contributed by atoms with van der Waals surface area (Å²) in [7, 11) is 1.47.